The number of aromatic nitrogens is 3. The summed E-state index contributed by atoms with van der Waals surface area (Å²) in [6.07, 6.45) is 6.65. The van der Waals surface area contributed by atoms with E-state index in [1.165, 1.54) is 31.5 Å². The van der Waals surface area contributed by atoms with Crippen LogP contribution in [0.5, 0.6) is 5.75 Å². The van der Waals surface area contributed by atoms with Crippen LogP contribution in [0.15, 0.2) is 67.1 Å². The lowest BCUT2D eigenvalue weighted by Gasteiger charge is -2.42. The number of pyridine rings is 1. The number of hydrogen-bond donors (Lipinski definition) is 3. The Morgan fingerprint density at radius 3 is 2.88 bits per heavy atom. The number of methoxy groups -OCH3 is 1. The molecule has 4 aromatic rings. The van der Waals surface area contributed by atoms with Gasteiger partial charge in [0.1, 0.15) is 17.3 Å². The van der Waals surface area contributed by atoms with Gasteiger partial charge in [0.25, 0.3) is 5.91 Å². The SMILES string of the molecule is COc1cccc(F)c1-c1nccc(C(=O)Nc2ccc(-c3cnccc3C#N)cc2N2CC3(CC3)NCC2CO)n1. The molecular weight excluding hydrogens is 537 g/mol. The van der Waals surface area contributed by atoms with E-state index in [2.05, 4.69) is 36.6 Å². The number of benzene rings is 2. The summed E-state index contributed by atoms with van der Waals surface area (Å²) in [5.41, 5.74) is 3.16. The average Bonchev–Trinajstić information content (AvgIpc) is 3.79. The highest BCUT2D eigenvalue weighted by Gasteiger charge is 2.48. The summed E-state index contributed by atoms with van der Waals surface area (Å²) >= 11 is 0. The van der Waals surface area contributed by atoms with Crippen molar-refractivity contribution in [3.63, 3.8) is 0 Å². The molecular formula is C31H28FN7O3. The van der Waals surface area contributed by atoms with Gasteiger partial charge in [0, 0.05) is 42.8 Å². The number of hydrogen-bond acceptors (Lipinski definition) is 9. The van der Waals surface area contributed by atoms with E-state index in [0.717, 1.165) is 18.4 Å². The van der Waals surface area contributed by atoms with Crippen LogP contribution in [-0.2, 0) is 0 Å². The molecule has 1 aliphatic carbocycles. The van der Waals surface area contributed by atoms with E-state index in [1.807, 2.05) is 12.1 Å². The minimum Gasteiger partial charge on any atom is -0.496 e. The number of anilines is 2. The predicted octanol–water partition coefficient (Wildman–Crippen LogP) is 3.78. The summed E-state index contributed by atoms with van der Waals surface area (Å²) in [5, 5.41) is 26.5. The van der Waals surface area contributed by atoms with Gasteiger partial charge in [0.2, 0.25) is 0 Å². The highest BCUT2D eigenvalue weighted by Crippen LogP contribution is 2.43. The highest BCUT2D eigenvalue weighted by atomic mass is 19.1. The second-order valence-electron chi connectivity index (χ2n) is 10.4. The van der Waals surface area contributed by atoms with Gasteiger partial charge in [-0.05, 0) is 54.8 Å². The number of nitrogens with zero attached hydrogens (tertiary/aromatic N) is 5. The second-order valence-corrected chi connectivity index (χ2v) is 10.4. The van der Waals surface area contributed by atoms with Crippen molar-refractivity contribution in [2.24, 2.45) is 0 Å². The lowest BCUT2D eigenvalue weighted by atomic mass is 9.99. The zero-order chi connectivity index (χ0) is 29.3. The molecule has 2 fully saturated rings. The number of carbonyl (C=O) groups excluding carboxylic acids is 1. The zero-order valence-corrected chi connectivity index (χ0v) is 22.8. The van der Waals surface area contributed by atoms with Crippen molar-refractivity contribution in [2.75, 3.05) is 37.0 Å². The molecule has 2 aromatic carbocycles. The third kappa shape index (κ3) is 5.13. The molecule has 1 unspecified atom stereocenters. The van der Waals surface area contributed by atoms with Crippen LogP contribution >= 0.6 is 0 Å². The first kappa shape index (κ1) is 27.3. The lowest BCUT2D eigenvalue weighted by molar-refractivity contribution is 0.102. The van der Waals surface area contributed by atoms with E-state index in [-0.39, 0.29) is 41.0 Å². The first-order valence-corrected chi connectivity index (χ1v) is 13.5. The fourth-order valence-corrected chi connectivity index (χ4v) is 5.33. The maximum absolute atomic E-state index is 14.7. The molecule has 6 rings (SSSR count). The van der Waals surface area contributed by atoms with Gasteiger partial charge >= 0.3 is 0 Å². The molecule has 42 heavy (non-hydrogen) atoms. The molecule has 212 valence electrons. The van der Waals surface area contributed by atoms with Gasteiger partial charge in [0.15, 0.2) is 5.82 Å². The predicted molar refractivity (Wildman–Crippen MR) is 155 cm³/mol. The van der Waals surface area contributed by atoms with Crippen LogP contribution in [0.4, 0.5) is 15.8 Å². The maximum Gasteiger partial charge on any atom is 0.274 e. The van der Waals surface area contributed by atoms with E-state index in [9.17, 15) is 19.6 Å². The molecule has 3 heterocycles. The quantitative estimate of drug-likeness (QED) is 0.306. The fourth-order valence-electron chi connectivity index (χ4n) is 5.33. The van der Waals surface area contributed by atoms with Gasteiger partial charge in [0.05, 0.1) is 48.3 Å². The van der Waals surface area contributed by atoms with E-state index >= 15 is 0 Å². The van der Waals surface area contributed by atoms with Gasteiger partial charge in [-0.3, -0.25) is 9.78 Å². The van der Waals surface area contributed by atoms with Gasteiger partial charge in [-0.15, -0.1) is 0 Å². The Labute approximate surface area is 241 Å². The molecule has 0 bridgehead atoms. The summed E-state index contributed by atoms with van der Waals surface area (Å²) < 4.78 is 20.0. The number of aliphatic hydroxyl groups excluding tert-OH is 1. The van der Waals surface area contributed by atoms with Crippen LogP contribution in [0.1, 0.15) is 28.9 Å². The molecule has 1 saturated carbocycles. The van der Waals surface area contributed by atoms with E-state index < -0.39 is 11.7 Å². The minimum atomic E-state index is -0.570. The van der Waals surface area contributed by atoms with Crippen LogP contribution < -0.4 is 20.3 Å². The minimum absolute atomic E-state index is 0.0203. The number of ether oxygens (including phenoxy) is 1. The first-order chi connectivity index (χ1) is 20.4. The van der Waals surface area contributed by atoms with Gasteiger partial charge in [-0.2, -0.15) is 5.26 Å². The Morgan fingerprint density at radius 1 is 1.26 bits per heavy atom. The standard InChI is InChI=1S/C31H28FN7O3/c1-42-27-4-2-3-23(32)28(27)29-35-12-8-25(37-29)30(41)38-24-6-5-19(22-16-34-11-7-20(22)14-33)13-26(24)39-18-31(9-10-31)36-15-21(39)17-40/h2-8,11-13,16,21,36,40H,9-10,15,17-18H2,1H3,(H,38,41). The van der Waals surface area contributed by atoms with Crippen molar-refractivity contribution in [1.29, 1.82) is 5.26 Å². The molecule has 0 radical (unpaired) electrons. The Balaban J connectivity index is 1.39. The Bertz CT molecular complexity index is 1700. The second kappa shape index (κ2) is 11.2. The molecule has 2 aliphatic rings. The van der Waals surface area contributed by atoms with Crippen molar-refractivity contribution in [2.45, 2.75) is 24.4 Å². The number of carbonyl (C=O) groups is 1. The topological polar surface area (TPSA) is 136 Å². The molecule has 1 atom stereocenters. The summed E-state index contributed by atoms with van der Waals surface area (Å²) in [7, 11) is 1.42. The van der Waals surface area contributed by atoms with Crippen molar-refractivity contribution < 1.29 is 19.0 Å². The molecule has 1 saturated heterocycles. The number of aliphatic hydroxyl groups is 1. The zero-order valence-electron chi connectivity index (χ0n) is 22.8. The molecule has 1 amide bonds. The largest absolute Gasteiger partial charge is 0.496 e. The van der Waals surface area contributed by atoms with Crippen molar-refractivity contribution in [1.82, 2.24) is 20.3 Å². The first-order valence-electron chi connectivity index (χ1n) is 13.5. The van der Waals surface area contributed by atoms with Crippen LogP contribution in [-0.4, -0.2) is 64.4 Å². The highest BCUT2D eigenvalue weighted by molar-refractivity contribution is 6.05. The summed E-state index contributed by atoms with van der Waals surface area (Å²) in [5.74, 6) is -0.814. The van der Waals surface area contributed by atoms with Crippen molar-refractivity contribution >= 4 is 17.3 Å². The third-order valence-corrected chi connectivity index (χ3v) is 7.81. The van der Waals surface area contributed by atoms with Crippen molar-refractivity contribution in [3.05, 3.63) is 84.2 Å². The van der Waals surface area contributed by atoms with Crippen LogP contribution in [0.25, 0.3) is 22.5 Å². The van der Waals surface area contributed by atoms with E-state index in [1.54, 1.807) is 30.6 Å². The number of nitriles is 1. The monoisotopic (exact) mass is 565 g/mol. The number of piperazine rings is 1. The van der Waals surface area contributed by atoms with Crippen molar-refractivity contribution in [3.8, 4) is 34.3 Å². The maximum atomic E-state index is 14.7. The molecule has 1 spiro atoms. The van der Waals surface area contributed by atoms with E-state index in [0.29, 0.717) is 35.6 Å². The fraction of sp³-hybridized carbons (Fsp3) is 0.258. The van der Waals surface area contributed by atoms with E-state index in [4.69, 9.17) is 4.74 Å². The van der Waals surface area contributed by atoms with Crippen LogP contribution in [0, 0.1) is 17.1 Å². The molecule has 1 aliphatic heterocycles. The van der Waals surface area contributed by atoms with Gasteiger partial charge in [-0.25, -0.2) is 14.4 Å². The summed E-state index contributed by atoms with van der Waals surface area (Å²) in [6.45, 7) is 1.15. The number of rotatable bonds is 7. The third-order valence-electron chi connectivity index (χ3n) is 7.81. The lowest BCUT2D eigenvalue weighted by Crippen LogP contribution is -2.59. The molecule has 3 N–H and O–H groups in total. The molecule has 2 aromatic heterocycles. The smallest absolute Gasteiger partial charge is 0.274 e. The Hall–Kier alpha value is -4.92. The molecule has 11 heteroatoms. The number of amides is 1. The van der Waals surface area contributed by atoms with Gasteiger partial charge in [-0.1, -0.05) is 12.1 Å². The summed E-state index contributed by atoms with van der Waals surface area (Å²) in [6, 6.07) is 15.0. The van der Waals surface area contributed by atoms with Crippen LogP contribution in [0.3, 0.4) is 0 Å². The number of nitrogens with one attached hydrogen (secondary N) is 2. The van der Waals surface area contributed by atoms with Gasteiger partial charge < -0.3 is 25.4 Å². The Kier molecular flexibility index (Phi) is 7.24. The number of halogens is 1. The molecule has 10 nitrogen and oxygen atoms in total. The average molecular weight is 566 g/mol. The normalized spacial score (nSPS) is 17.0. The van der Waals surface area contributed by atoms with Crippen LogP contribution in [0.2, 0.25) is 0 Å². The summed E-state index contributed by atoms with van der Waals surface area (Å²) in [4.78, 5) is 28.4. The Morgan fingerprint density at radius 2 is 2.12 bits per heavy atom.